The molecule has 0 aromatic heterocycles. The van der Waals surface area contributed by atoms with Crippen molar-refractivity contribution < 1.29 is 19.0 Å². The third-order valence-corrected chi connectivity index (χ3v) is 3.34. The van der Waals surface area contributed by atoms with Gasteiger partial charge in [0.2, 0.25) is 5.78 Å². The Kier molecular flexibility index (Phi) is 3.45. The quantitative estimate of drug-likeness (QED) is 0.855. The highest BCUT2D eigenvalue weighted by Crippen LogP contribution is 2.40. The summed E-state index contributed by atoms with van der Waals surface area (Å²) in [6, 6.07) is 3.30. The van der Waals surface area contributed by atoms with Crippen LogP contribution in [0.25, 0.3) is 5.57 Å². The molecule has 0 bridgehead atoms. The summed E-state index contributed by atoms with van der Waals surface area (Å²) in [6.45, 7) is 3.43. The summed E-state index contributed by atoms with van der Waals surface area (Å²) in [5, 5.41) is 0.415. The molecule has 2 rings (SSSR count). The monoisotopic (exact) mass is 282 g/mol. The van der Waals surface area contributed by atoms with Crippen LogP contribution in [0.5, 0.6) is 11.5 Å². The molecular weight excluding hydrogens is 268 g/mol. The number of carbonyl (C=O) groups excluding carboxylic acids is 1. The molecule has 1 heterocycles. The highest BCUT2D eigenvalue weighted by molar-refractivity contribution is 6.36. The van der Waals surface area contributed by atoms with Gasteiger partial charge in [-0.05, 0) is 19.9 Å². The van der Waals surface area contributed by atoms with E-state index in [9.17, 15) is 4.79 Å². The van der Waals surface area contributed by atoms with Crippen molar-refractivity contribution in [3.8, 4) is 11.5 Å². The number of halogens is 1. The zero-order valence-corrected chi connectivity index (χ0v) is 12.0. The van der Waals surface area contributed by atoms with Gasteiger partial charge in [0.25, 0.3) is 0 Å². The van der Waals surface area contributed by atoms with Crippen molar-refractivity contribution in [1.29, 1.82) is 0 Å². The predicted molar refractivity (Wildman–Crippen MR) is 72.7 cm³/mol. The lowest BCUT2D eigenvalue weighted by Crippen LogP contribution is -2.28. The standard InChI is InChI=1S/C14H15ClO4/c1-14(2)13(16)9(7-19-14)8-5-11(17-3)12(18-4)6-10(8)15/h5-7H,1-4H3. The molecular formula is C14H15ClO4. The van der Waals surface area contributed by atoms with Gasteiger partial charge in [0.1, 0.15) is 0 Å². The summed E-state index contributed by atoms with van der Waals surface area (Å²) in [7, 11) is 3.06. The number of benzene rings is 1. The van der Waals surface area contributed by atoms with Crippen LogP contribution in [0.4, 0.5) is 0 Å². The van der Waals surface area contributed by atoms with E-state index in [-0.39, 0.29) is 5.78 Å². The summed E-state index contributed by atoms with van der Waals surface area (Å²) in [4.78, 5) is 12.2. The number of hydrogen-bond acceptors (Lipinski definition) is 4. The Balaban J connectivity index is 2.50. The fourth-order valence-electron chi connectivity index (χ4n) is 1.88. The maximum atomic E-state index is 12.2. The van der Waals surface area contributed by atoms with Crippen molar-refractivity contribution in [2.24, 2.45) is 0 Å². The van der Waals surface area contributed by atoms with E-state index in [4.69, 9.17) is 25.8 Å². The fourth-order valence-corrected chi connectivity index (χ4v) is 2.14. The second-order valence-corrected chi connectivity index (χ2v) is 5.08. The Morgan fingerprint density at radius 1 is 1.16 bits per heavy atom. The Hall–Kier alpha value is -1.68. The van der Waals surface area contributed by atoms with Crippen LogP contribution in [0.2, 0.25) is 5.02 Å². The lowest BCUT2D eigenvalue weighted by atomic mass is 9.94. The topological polar surface area (TPSA) is 44.8 Å². The lowest BCUT2D eigenvalue weighted by Gasteiger charge is -2.16. The molecule has 1 aliphatic rings. The third kappa shape index (κ3) is 2.28. The Bertz CT molecular complexity index is 561. The molecule has 0 radical (unpaired) electrons. The molecule has 0 N–H and O–H groups in total. The summed E-state index contributed by atoms with van der Waals surface area (Å²) in [5.41, 5.74) is 0.164. The number of carbonyl (C=O) groups is 1. The van der Waals surface area contributed by atoms with Gasteiger partial charge in [-0.1, -0.05) is 11.6 Å². The molecule has 0 spiro atoms. The maximum absolute atomic E-state index is 12.2. The molecule has 19 heavy (non-hydrogen) atoms. The minimum absolute atomic E-state index is 0.110. The van der Waals surface area contributed by atoms with Gasteiger partial charge in [-0.2, -0.15) is 0 Å². The molecule has 0 unspecified atom stereocenters. The van der Waals surface area contributed by atoms with E-state index in [2.05, 4.69) is 0 Å². The summed E-state index contributed by atoms with van der Waals surface area (Å²) in [6.07, 6.45) is 1.44. The molecule has 0 fully saturated rings. The fraction of sp³-hybridized carbons (Fsp3) is 0.357. The van der Waals surface area contributed by atoms with E-state index in [1.165, 1.54) is 20.5 Å². The normalized spacial score (nSPS) is 16.9. The lowest BCUT2D eigenvalue weighted by molar-refractivity contribution is -0.125. The zero-order chi connectivity index (χ0) is 14.2. The van der Waals surface area contributed by atoms with Gasteiger partial charge in [-0.15, -0.1) is 0 Å². The molecule has 1 aliphatic heterocycles. The molecule has 4 nitrogen and oxygen atoms in total. The van der Waals surface area contributed by atoms with E-state index >= 15 is 0 Å². The zero-order valence-electron chi connectivity index (χ0n) is 11.2. The van der Waals surface area contributed by atoms with Crippen LogP contribution in [0.3, 0.4) is 0 Å². The van der Waals surface area contributed by atoms with Gasteiger partial charge < -0.3 is 14.2 Å². The Morgan fingerprint density at radius 2 is 1.74 bits per heavy atom. The highest BCUT2D eigenvalue weighted by atomic mass is 35.5. The first kappa shape index (κ1) is 13.7. The molecule has 1 aromatic carbocycles. The molecule has 0 aliphatic carbocycles. The van der Waals surface area contributed by atoms with Crippen LogP contribution in [0.1, 0.15) is 19.4 Å². The van der Waals surface area contributed by atoms with Gasteiger partial charge in [-0.3, -0.25) is 4.79 Å². The molecule has 5 heteroatoms. The van der Waals surface area contributed by atoms with Crippen LogP contribution < -0.4 is 9.47 Å². The molecule has 102 valence electrons. The highest BCUT2D eigenvalue weighted by Gasteiger charge is 2.38. The molecule has 0 saturated heterocycles. The SMILES string of the molecule is COc1cc(Cl)c(C2=COC(C)(C)C2=O)cc1OC. The van der Waals surface area contributed by atoms with E-state index < -0.39 is 5.60 Å². The summed E-state index contributed by atoms with van der Waals surface area (Å²) >= 11 is 6.19. The molecule has 0 saturated carbocycles. The average molecular weight is 283 g/mol. The van der Waals surface area contributed by atoms with E-state index in [0.717, 1.165) is 0 Å². The van der Waals surface area contributed by atoms with Gasteiger partial charge >= 0.3 is 0 Å². The number of hydrogen-bond donors (Lipinski definition) is 0. The average Bonchev–Trinajstić information content (AvgIpc) is 2.64. The first-order chi connectivity index (χ1) is 8.90. The first-order valence-electron chi connectivity index (χ1n) is 5.75. The van der Waals surface area contributed by atoms with Crippen LogP contribution in [-0.4, -0.2) is 25.6 Å². The van der Waals surface area contributed by atoms with Crippen LogP contribution in [0.15, 0.2) is 18.4 Å². The largest absolute Gasteiger partial charge is 0.493 e. The first-order valence-corrected chi connectivity index (χ1v) is 6.13. The van der Waals surface area contributed by atoms with Crippen molar-refractivity contribution in [2.75, 3.05) is 14.2 Å². The van der Waals surface area contributed by atoms with E-state index in [1.54, 1.807) is 26.0 Å². The molecule has 0 amide bonds. The number of ether oxygens (including phenoxy) is 3. The van der Waals surface area contributed by atoms with Crippen LogP contribution in [-0.2, 0) is 9.53 Å². The third-order valence-electron chi connectivity index (χ3n) is 3.03. The number of ketones is 1. The van der Waals surface area contributed by atoms with E-state index in [1.807, 2.05) is 0 Å². The smallest absolute Gasteiger partial charge is 0.209 e. The minimum Gasteiger partial charge on any atom is -0.493 e. The van der Waals surface area contributed by atoms with Crippen molar-refractivity contribution in [3.63, 3.8) is 0 Å². The van der Waals surface area contributed by atoms with Crippen molar-refractivity contribution >= 4 is 23.0 Å². The van der Waals surface area contributed by atoms with E-state index in [0.29, 0.717) is 27.7 Å². The van der Waals surface area contributed by atoms with Crippen LogP contribution >= 0.6 is 11.6 Å². The van der Waals surface area contributed by atoms with Gasteiger partial charge in [0.05, 0.1) is 31.1 Å². The van der Waals surface area contributed by atoms with Crippen molar-refractivity contribution in [2.45, 2.75) is 19.4 Å². The van der Waals surface area contributed by atoms with Gasteiger partial charge in [0, 0.05) is 11.6 Å². The molecule has 0 atom stereocenters. The maximum Gasteiger partial charge on any atom is 0.209 e. The number of rotatable bonds is 3. The predicted octanol–water partition coefficient (Wildman–Crippen LogP) is 3.08. The summed E-state index contributed by atoms with van der Waals surface area (Å²) in [5.74, 6) is 0.921. The van der Waals surface area contributed by atoms with Crippen LogP contribution in [0, 0.1) is 0 Å². The Morgan fingerprint density at radius 3 is 2.21 bits per heavy atom. The summed E-state index contributed by atoms with van der Waals surface area (Å²) < 4.78 is 15.7. The van der Waals surface area contributed by atoms with Crippen molar-refractivity contribution in [3.05, 3.63) is 29.0 Å². The Labute approximate surface area is 116 Å². The number of Topliss-reactive ketones (excluding diaryl/α,β-unsaturated/α-hetero) is 1. The number of methoxy groups -OCH3 is 2. The second kappa shape index (κ2) is 4.78. The second-order valence-electron chi connectivity index (χ2n) is 4.68. The molecule has 1 aromatic rings. The van der Waals surface area contributed by atoms with Crippen molar-refractivity contribution in [1.82, 2.24) is 0 Å². The minimum atomic E-state index is -0.855. The van der Waals surface area contributed by atoms with Gasteiger partial charge in [0.15, 0.2) is 17.1 Å². The van der Waals surface area contributed by atoms with Gasteiger partial charge in [-0.25, -0.2) is 0 Å².